The van der Waals surface area contributed by atoms with Gasteiger partial charge < -0.3 is 15.2 Å². The molecule has 1 amide bonds. The summed E-state index contributed by atoms with van der Waals surface area (Å²) in [7, 11) is -4.06. The van der Waals surface area contributed by atoms with E-state index in [0.717, 1.165) is 38.5 Å². The van der Waals surface area contributed by atoms with E-state index in [1.54, 1.807) is 0 Å². The lowest BCUT2D eigenvalue weighted by atomic mass is 9.55. The van der Waals surface area contributed by atoms with Crippen LogP contribution in [-0.4, -0.2) is 49.0 Å². The minimum Gasteiger partial charge on any atom is -0.508 e. The van der Waals surface area contributed by atoms with Gasteiger partial charge >= 0.3 is 0 Å². The number of benzene rings is 1. The number of hydrogen-bond donors (Lipinski definition) is 3. The van der Waals surface area contributed by atoms with Crippen molar-refractivity contribution in [3.8, 4) is 5.75 Å². The Labute approximate surface area is 184 Å². The van der Waals surface area contributed by atoms with Crippen LogP contribution in [0.25, 0.3) is 0 Å². The van der Waals surface area contributed by atoms with Crippen LogP contribution in [0.5, 0.6) is 5.75 Å². The third-order valence-electron chi connectivity index (χ3n) is 7.95. The Morgan fingerprint density at radius 2 is 2.06 bits per heavy atom. The molecule has 3 N–H and O–H groups in total. The average molecular weight is 452 g/mol. The normalized spacial score (nSPS) is 32.1. The highest BCUT2D eigenvalue weighted by molar-refractivity contribution is 7.85. The molecule has 0 aromatic heterocycles. The fraction of sp³-hybridized carbons (Fsp3) is 0.696. The van der Waals surface area contributed by atoms with Crippen LogP contribution in [0.3, 0.4) is 0 Å². The van der Waals surface area contributed by atoms with Crippen molar-refractivity contribution in [1.82, 2.24) is 5.32 Å². The van der Waals surface area contributed by atoms with Gasteiger partial charge in [-0.25, -0.2) is 0 Å². The largest absolute Gasteiger partial charge is 0.508 e. The van der Waals surface area contributed by atoms with Gasteiger partial charge in [-0.2, -0.15) is 8.42 Å². The Morgan fingerprint density at radius 3 is 2.84 bits per heavy atom. The van der Waals surface area contributed by atoms with E-state index in [4.69, 9.17) is 9.29 Å². The third kappa shape index (κ3) is 4.76. The summed E-state index contributed by atoms with van der Waals surface area (Å²) in [5.41, 5.74) is 2.84. The number of phenolic OH excluding ortho intramolecular Hbond substituents is 1. The summed E-state index contributed by atoms with van der Waals surface area (Å²) in [5.74, 6) is 1.44. The molecule has 0 saturated heterocycles. The number of nitrogens with one attached hydrogen (secondary N) is 1. The zero-order chi connectivity index (χ0) is 22.2. The van der Waals surface area contributed by atoms with Gasteiger partial charge in [0.2, 0.25) is 5.91 Å². The number of ether oxygens (including phenoxy) is 1. The van der Waals surface area contributed by atoms with Crippen LogP contribution in [0.2, 0.25) is 0 Å². The first-order chi connectivity index (χ1) is 14.7. The molecule has 2 fully saturated rings. The van der Waals surface area contributed by atoms with Gasteiger partial charge in [-0.15, -0.1) is 0 Å². The number of hydrogen-bond acceptors (Lipinski definition) is 5. The van der Waals surface area contributed by atoms with E-state index >= 15 is 0 Å². The maximum absolute atomic E-state index is 11.9. The van der Waals surface area contributed by atoms with Gasteiger partial charge in [0, 0.05) is 13.0 Å². The van der Waals surface area contributed by atoms with E-state index in [0.29, 0.717) is 30.1 Å². The number of aryl methyl sites for hydroxylation is 1. The van der Waals surface area contributed by atoms with Gasteiger partial charge in [-0.1, -0.05) is 13.0 Å². The predicted octanol–water partition coefficient (Wildman–Crippen LogP) is 3.03. The molecular weight excluding hydrogens is 418 g/mol. The zero-order valence-electron chi connectivity index (χ0n) is 18.0. The van der Waals surface area contributed by atoms with Crippen molar-refractivity contribution >= 4 is 16.0 Å². The molecule has 0 bridgehead atoms. The molecule has 1 aromatic rings. The number of fused-ring (bicyclic) bond motifs is 5. The number of aromatic hydroxyl groups is 1. The van der Waals surface area contributed by atoms with Gasteiger partial charge in [0.05, 0.1) is 18.5 Å². The van der Waals surface area contributed by atoms with Crippen LogP contribution in [0.4, 0.5) is 0 Å². The zero-order valence-corrected chi connectivity index (χ0v) is 18.9. The van der Waals surface area contributed by atoms with Crippen LogP contribution in [0, 0.1) is 17.3 Å². The lowest BCUT2D eigenvalue weighted by Crippen LogP contribution is -2.45. The fourth-order valence-corrected chi connectivity index (χ4v) is 6.86. The summed E-state index contributed by atoms with van der Waals surface area (Å²) in [6, 6.07) is 5.87. The first kappa shape index (κ1) is 22.6. The second-order valence-electron chi connectivity index (χ2n) is 9.67. The van der Waals surface area contributed by atoms with E-state index in [9.17, 15) is 18.3 Å². The van der Waals surface area contributed by atoms with Gasteiger partial charge in [0.1, 0.15) is 5.75 Å². The Balaban J connectivity index is 1.32. The van der Waals surface area contributed by atoms with Crippen LogP contribution in [0.1, 0.15) is 62.5 Å². The number of carbonyl (C=O) groups excluding carboxylic acids is 1. The monoisotopic (exact) mass is 451 g/mol. The van der Waals surface area contributed by atoms with Crippen LogP contribution < -0.4 is 5.32 Å². The molecule has 0 heterocycles. The molecule has 8 heteroatoms. The smallest absolute Gasteiger partial charge is 0.266 e. The summed E-state index contributed by atoms with van der Waals surface area (Å²) in [5, 5.41) is 12.3. The van der Waals surface area contributed by atoms with Crippen LogP contribution in [0.15, 0.2) is 18.2 Å². The molecule has 3 aliphatic carbocycles. The molecule has 1 aromatic carbocycles. The molecule has 0 radical (unpaired) electrons. The van der Waals surface area contributed by atoms with Crippen molar-refractivity contribution in [2.75, 3.05) is 18.9 Å². The summed E-state index contributed by atoms with van der Waals surface area (Å²) in [6.07, 6.45) is 6.90. The van der Waals surface area contributed by atoms with Crippen molar-refractivity contribution in [2.45, 2.75) is 63.9 Å². The maximum atomic E-state index is 11.9. The van der Waals surface area contributed by atoms with Crippen molar-refractivity contribution in [2.24, 2.45) is 17.3 Å². The van der Waals surface area contributed by atoms with Crippen molar-refractivity contribution in [3.05, 3.63) is 29.3 Å². The van der Waals surface area contributed by atoms with Crippen molar-refractivity contribution in [3.63, 3.8) is 0 Å². The molecule has 31 heavy (non-hydrogen) atoms. The maximum Gasteiger partial charge on any atom is 0.266 e. The summed E-state index contributed by atoms with van der Waals surface area (Å²) < 4.78 is 36.4. The average Bonchev–Trinajstić information content (AvgIpc) is 3.03. The molecule has 1 unspecified atom stereocenters. The molecular formula is C23H33NO6S. The predicted molar refractivity (Wildman–Crippen MR) is 117 cm³/mol. The third-order valence-corrected chi connectivity index (χ3v) is 8.67. The van der Waals surface area contributed by atoms with E-state index in [1.807, 2.05) is 12.1 Å². The lowest BCUT2D eigenvalue weighted by Gasteiger charge is -2.50. The quantitative estimate of drug-likeness (QED) is 0.549. The molecule has 2 saturated carbocycles. The number of amides is 1. The number of phenols is 1. The Hall–Kier alpha value is -1.64. The van der Waals surface area contributed by atoms with Gasteiger partial charge in [-0.05, 0) is 85.0 Å². The molecule has 3 aliphatic rings. The minimum absolute atomic E-state index is 0.0940. The summed E-state index contributed by atoms with van der Waals surface area (Å²) >= 11 is 0. The topological polar surface area (TPSA) is 113 Å². The second kappa shape index (κ2) is 8.71. The van der Waals surface area contributed by atoms with Gasteiger partial charge in [-0.3, -0.25) is 9.35 Å². The van der Waals surface area contributed by atoms with E-state index < -0.39 is 15.9 Å². The second-order valence-corrected chi connectivity index (χ2v) is 11.2. The first-order valence-corrected chi connectivity index (χ1v) is 12.9. The van der Waals surface area contributed by atoms with Crippen LogP contribution in [-0.2, 0) is 26.1 Å². The summed E-state index contributed by atoms with van der Waals surface area (Å²) in [4.78, 5) is 11.9. The van der Waals surface area contributed by atoms with Crippen molar-refractivity contribution < 1.29 is 27.6 Å². The SMILES string of the molecule is C[C@]12CC[C@@H]3c4ccc(O)cc4CCC3[C@@H]1CC[C@@H]2OCCC(=O)NCCS(=O)(=O)O. The highest BCUT2D eigenvalue weighted by Crippen LogP contribution is 2.61. The lowest BCUT2D eigenvalue weighted by molar-refractivity contribution is -0.124. The Morgan fingerprint density at radius 1 is 1.26 bits per heavy atom. The van der Waals surface area contributed by atoms with E-state index in [-0.39, 0.29) is 30.4 Å². The fourth-order valence-electron chi connectivity index (χ4n) is 6.50. The molecule has 172 valence electrons. The highest BCUT2D eigenvalue weighted by Gasteiger charge is 2.55. The standard InChI is InChI=1S/C23H33NO6S/c1-23-10-8-18-17-5-3-16(25)14-15(17)2-4-19(18)20(23)6-7-21(23)30-12-9-22(26)24-11-13-31(27,28)29/h3,5,14,18-21,25H,2,4,6-13H2,1H3,(H,24,26)(H,27,28,29)/t18-,19?,20+,21+,23+/m1/s1. The summed E-state index contributed by atoms with van der Waals surface area (Å²) in [6.45, 7) is 2.58. The molecule has 7 nitrogen and oxygen atoms in total. The Bertz CT molecular complexity index is 932. The van der Waals surface area contributed by atoms with Crippen molar-refractivity contribution in [1.29, 1.82) is 0 Å². The Kier molecular flexibility index (Phi) is 6.34. The minimum atomic E-state index is -4.06. The highest BCUT2D eigenvalue weighted by atomic mass is 32.2. The van der Waals surface area contributed by atoms with Gasteiger partial charge in [0.25, 0.3) is 10.1 Å². The molecule has 5 atom stereocenters. The molecule has 4 rings (SSSR count). The van der Waals surface area contributed by atoms with E-state index in [2.05, 4.69) is 18.3 Å². The first-order valence-electron chi connectivity index (χ1n) is 11.3. The molecule has 0 spiro atoms. The number of carbonyl (C=O) groups is 1. The number of rotatable bonds is 7. The van der Waals surface area contributed by atoms with Gasteiger partial charge in [0.15, 0.2) is 0 Å². The molecule has 0 aliphatic heterocycles. The van der Waals surface area contributed by atoms with E-state index in [1.165, 1.54) is 11.1 Å². The van der Waals surface area contributed by atoms with Crippen LogP contribution >= 0.6 is 0 Å².